The summed E-state index contributed by atoms with van der Waals surface area (Å²) in [5, 5.41) is 3.03. The molecule has 0 saturated carbocycles. The van der Waals surface area contributed by atoms with E-state index in [1.807, 2.05) is 6.92 Å². The lowest BCUT2D eigenvalue weighted by molar-refractivity contribution is -0.179. The normalized spacial score (nSPS) is 17.3. The van der Waals surface area contributed by atoms with Crippen LogP contribution in [0.25, 0.3) is 0 Å². The molecule has 0 amide bonds. The Morgan fingerprint density at radius 1 is 1.33 bits per heavy atom. The van der Waals surface area contributed by atoms with Gasteiger partial charge in [-0.25, -0.2) is 9.37 Å². The van der Waals surface area contributed by atoms with Crippen molar-refractivity contribution < 1.29 is 17.6 Å². The molecule has 0 aliphatic carbocycles. The van der Waals surface area contributed by atoms with Crippen LogP contribution >= 0.6 is 0 Å². The highest BCUT2D eigenvalue weighted by atomic mass is 19.4. The number of anilines is 1. The van der Waals surface area contributed by atoms with Crippen LogP contribution in [0.2, 0.25) is 0 Å². The van der Waals surface area contributed by atoms with Crippen LogP contribution in [0.3, 0.4) is 0 Å². The van der Waals surface area contributed by atoms with Gasteiger partial charge in [0.15, 0.2) is 11.6 Å². The number of hydrogen-bond acceptors (Lipinski definition) is 3. The molecule has 21 heavy (non-hydrogen) atoms. The van der Waals surface area contributed by atoms with Gasteiger partial charge in [0, 0.05) is 31.4 Å². The third kappa shape index (κ3) is 3.84. The van der Waals surface area contributed by atoms with Gasteiger partial charge in [0.1, 0.15) is 0 Å². The van der Waals surface area contributed by atoms with Crippen molar-refractivity contribution in [1.29, 1.82) is 0 Å². The Morgan fingerprint density at radius 2 is 2.00 bits per heavy atom. The second-order valence-electron chi connectivity index (χ2n) is 5.19. The van der Waals surface area contributed by atoms with Crippen molar-refractivity contribution in [3.05, 3.63) is 23.6 Å². The summed E-state index contributed by atoms with van der Waals surface area (Å²) in [6.45, 7) is 3.38. The summed E-state index contributed by atoms with van der Waals surface area (Å²) in [7, 11) is 0. The summed E-state index contributed by atoms with van der Waals surface area (Å²) in [6, 6.07) is 1.59. The summed E-state index contributed by atoms with van der Waals surface area (Å²) in [5.41, 5.74) is 0.486. The van der Waals surface area contributed by atoms with Crippen LogP contribution in [0, 0.1) is 11.7 Å². The number of nitrogens with zero attached hydrogens (tertiary/aromatic N) is 2. The topological polar surface area (TPSA) is 28.2 Å². The zero-order valence-corrected chi connectivity index (χ0v) is 11.9. The lowest BCUT2D eigenvalue weighted by Gasteiger charge is -2.33. The summed E-state index contributed by atoms with van der Waals surface area (Å²) in [5.74, 6) is -1.57. The van der Waals surface area contributed by atoms with Gasteiger partial charge in [0.05, 0.1) is 5.92 Å². The van der Waals surface area contributed by atoms with Crippen molar-refractivity contribution in [2.24, 2.45) is 5.92 Å². The molecular formula is C14H19F4N3. The molecule has 0 radical (unpaired) electrons. The number of nitrogens with one attached hydrogen (secondary N) is 1. The number of hydrogen-bond donors (Lipinski definition) is 1. The van der Waals surface area contributed by atoms with Gasteiger partial charge in [-0.1, -0.05) is 6.92 Å². The molecule has 2 rings (SSSR count). The van der Waals surface area contributed by atoms with Gasteiger partial charge >= 0.3 is 6.18 Å². The van der Waals surface area contributed by atoms with E-state index in [0.29, 0.717) is 18.7 Å². The van der Waals surface area contributed by atoms with E-state index in [4.69, 9.17) is 0 Å². The van der Waals surface area contributed by atoms with E-state index in [-0.39, 0.29) is 31.7 Å². The minimum Gasteiger partial charge on any atom is -0.354 e. The first kappa shape index (κ1) is 16.0. The van der Waals surface area contributed by atoms with E-state index in [9.17, 15) is 17.6 Å². The van der Waals surface area contributed by atoms with Crippen molar-refractivity contribution in [2.45, 2.75) is 32.5 Å². The lowest BCUT2D eigenvalue weighted by Crippen LogP contribution is -2.39. The number of alkyl halides is 3. The van der Waals surface area contributed by atoms with Crippen molar-refractivity contribution in [3.63, 3.8) is 0 Å². The molecular weight excluding hydrogens is 286 g/mol. The number of rotatable bonds is 4. The number of pyridine rings is 1. The maximum atomic E-state index is 14.3. The molecule has 1 aromatic rings. The van der Waals surface area contributed by atoms with Gasteiger partial charge in [-0.3, -0.25) is 0 Å². The molecule has 118 valence electrons. The zero-order chi connectivity index (χ0) is 15.5. The maximum Gasteiger partial charge on any atom is 0.391 e. The molecule has 3 nitrogen and oxygen atoms in total. The number of halogens is 4. The van der Waals surface area contributed by atoms with Crippen molar-refractivity contribution in [2.75, 3.05) is 24.5 Å². The Labute approximate surface area is 121 Å². The molecule has 1 aromatic heterocycles. The van der Waals surface area contributed by atoms with Gasteiger partial charge in [-0.2, -0.15) is 13.2 Å². The smallest absolute Gasteiger partial charge is 0.354 e. The molecule has 0 spiro atoms. The number of piperidine rings is 1. The van der Waals surface area contributed by atoms with Gasteiger partial charge in [0.2, 0.25) is 0 Å². The fraction of sp³-hybridized carbons (Fsp3) is 0.643. The molecule has 0 unspecified atom stereocenters. The standard InChI is InChI=1S/C14H19F4N3/c1-2-19-9-10-3-6-20-13(12(10)15)21-7-4-11(5-8-21)14(16,17)18/h3,6,11,19H,2,4-5,7-9H2,1H3. The average molecular weight is 305 g/mol. The van der Waals surface area contributed by atoms with E-state index >= 15 is 0 Å². The Bertz CT molecular complexity index is 468. The predicted molar refractivity (Wildman–Crippen MR) is 72.6 cm³/mol. The molecule has 0 aromatic carbocycles. The van der Waals surface area contributed by atoms with Crippen LogP contribution < -0.4 is 10.2 Å². The third-order valence-corrected chi connectivity index (χ3v) is 3.77. The highest BCUT2D eigenvalue weighted by Gasteiger charge is 2.41. The Hall–Kier alpha value is -1.37. The summed E-state index contributed by atoms with van der Waals surface area (Å²) in [4.78, 5) is 5.60. The van der Waals surface area contributed by atoms with Crippen molar-refractivity contribution in [1.82, 2.24) is 10.3 Å². The van der Waals surface area contributed by atoms with E-state index in [2.05, 4.69) is 10.3 Å². The highest BCUT2D eigenvalue weighted by molar-refractivity contribution is 5.43. The summed E-state index contributed by atoms with van der Waals surface area (Å²) >= 11 is 0. The van der Waals surface area contributed by atoms with Crippen LogP contribution in [0.1, 0.15) is 25.3 Å². The SMILES string of the molecule is CCNCc1ccnc(N2CCC(C(F)(F)F)CC2)c1F. The van der Waals surface area contributed by atoms with Gasteiger partial charge < -0.3 is 10.2 Å². The van der Waals surface area contributed by atoms with Gasteiger partial charge in [0.25, 0.3) is 0 Å². The zero-order valence-electron chi connectivity index (χ0n) is 11.9. The van der Waals surface area contributed by atoms with E-state index in [0.717, 1.165) is 0 Å². The lowest BCUT2D eigenvalue weighted by atomic mass is 9.96. The van der Waals surface area contributed by atoms with Crippen LogP contribution in [0.4, 0.5) is 23.4 Å². The average Bonchev–Trinajstić information content (AvgIpc) is 2.45. The molecule has 1 aliphatic rings. The molecule has 1 aliphatic heterocycles. The minimum absolute atomic E-state index is 0.0118. The second-order valence-corrected chi connectivity index (χ2v) is 5.19. The first-order chi connectivity index (χ1) is 9.93. The molecule has 1 N–H and O–H groups in total. The Kier molecular flexibility index (Phi) is 5.03. The van der Waals surface area contributed by atoms with Crippen molar-refractivity contribution in [3.8, 4) is 0 Å². The number of aromatic nitrogens is 1. The molecule has 7 heteroatoms. The molecule has 1 fully saturated rings. The van der Waals surface area contributed by atoms with E-state index in [1.54, 1.807) is 11.0 Å². The molecule has 2 heterocycles. The molecule has 0 atom stereocenters. The monoisotopic (exact) mass is 305 g/mol. The van der Waals surface area contributed by atoms with E-state index in [1.165, 1.54) is 6.20 Å². The summed E-state index contributed by atoms with van der Waals surface area (Å²) in [6.07, 6.45) is -2.68. The van der Waals surface area contributed by atoms with Gasteiger partial charge in [-0.15, -0.1) is 0 Å². The van der Waals surface area contributed by atoms with Gasteiger partial charge in [-0.05, 0) is 25.5 Å². The van der Waals surface area contributed by atoms with Crippen molar-refractivity contribution >= 4 is 5.82 Å². The summed E-state index contributed by atoms with van der Waals surface area (Å²) < 4.78 is 52.3. The first-order valence-corrected chi connectivity index (χ1v) is 7.09. The van der Waals surface area contributed by atoms with E-state index < -0.39 is 17.9 Å². The maximum absolute atomic E-state index is 14.3. The fourth-order valence-electron chi connectivity index (χ4n) is 2.51. The van der Waals surface area contributed by atoms with Crippen LogP contribution in [0.15, 0.2) is 12.3 Å². The highest BCUT2D eigenvalue weighted by Crippen LogP contribution is 2.35. The largest absolute Gasteiger partial charge is 0.391 e. The quantitative estimate of drug-likeness (QED) is 0.866. The Morgan fingerprint density at radius 3 is 2.57 bits per heavy atom. The fourth-order valence-corrected chi connectivity index (χ4v) is 2.51. The first-order valence-electron chi connectivity index (χ1n) is 7.09. The molecule has 0 bridgehead atoms. The predicted octanol–water partition coefficient (Wildman–Crippen LogP) is 3.11. The van der Waals surface area contributed by atoms with Crippen LogP contribution in [-0.2, 0) is 6.54 Å². The van der Waals surface area contributed by atoms with Crippen LogP contribution in [0.5, 0.6) is 0 Å². The minimum atomic E-state index is -4.16. The Balaban J connectivity index is 2.06. The molecule has 1 saturated heterocycles. The third-order valence-electron chi connectivity index (χ3n) is 3.77. The second kappa shape index (κ2) is 6.60. The van der Waals surface area contributed by atoms with Crippen LogP contribution in [-0.4, -0.2) is 30.8 Å².